The average Bonchev–Trinajstić information content (AvgIpc) is 2.43. The number of phenolic OH excluding ortho intramolecular Hbond substituents is 1. The quantitative estimate of drug-likeness (QED) is 0.862. The number of halogens is 1. The van der Waals surface area contributed by atoms with Crippen LogP contribution < -0.4 is 10.1 Å². The van der Waals surface area contributed by atoms with Gasteiger partial charge in [0.05, 0.1) is 19.8 Å². The summed E-state index contributed by atoms with van der Waals surface area (Å²) < 4.78 is 10.8. The average molecular weight is 301 g/mol. The summed E-state index contributed by atoms with van der Waals surface area (Å²) in [6.45, 7) is 3.89. The number of hydrogen-bond donors (Lipinski definition) is 2. The number of rotatable bonds is 5. The summed E-state index contributed by atoms with van der Waals surface area (Å²) in [5.74, 6) is 0.544. The number of aromatic hydroxyl groups is 1. The molecule has 0 amide bonds. The molecule has 5 nitrogen and oxygen atoms in total. The van der Waals surface area contributed by atoms with Gasteiger partial charge in [0.2, 0.25) is 0 Å². The fourth-order valence-electron chi connectivity index (χ4n) is 2.34. The third kappa shape index (κ3) is 3.99. The van der Waals surface area contributed by atoms with E-state index in [2.05, 4.69) is 10.2 Å². The summed E-state index contributed by atoms with van der Waals surface area (Å²) in [6.07, 6.45) is 0.178. The predicted molar refractivity (Wildman–Crippen MR) is 78.6 cm³/mol. The molecule has 1 heterocycles. The number of ether oxygens (including phenoxy) is 2. The molecular formula is C14H21ClN2O3. The maximum Gasteiger partial charge on any atom is 0.162 e. The Morgan fingerprint density at radius 3 is 3.00 bits per heavy atom. The Hall–Kier alpha value is -1.01. The molecule has 0 spiro atoms. The van der Waals surface area contributed by atoms with Gasteiger partial charge in [0.25, 0.3) is 0 Å². The molecule has 2 rings (SSSR count). The highest BCUT2D eigenvalue weighted by Gasteiger charge is 2.17. The van der Waals surface area contributed by atoms with Gasteiger partial charge in [-0.2, -0.15) is 0 Å². The molecular weight excluding hydrogens is 280 g/mol. The van der Waals surface area contributed by atoms with Crippen LogP contribution in [0.3, 0.4) is 0 Å². The van der Waals surface area contributed by atoms with Crippen LogP contribution in [0.2, 0.25) is 5.02 Å². The van der Waals surface area contributed by atoms with Crippen molar-refractivity contribution in [1.82, 2.24) is 10.2 Å². The summed E-state index contributed by atoms with van der Waals surface area (Å²) in [6, 6.07) is 3.37. The van der Waals surface area contributed by atoms with Crippen LogP contribution in [0.15, 0.2) is 12.1 Å². The molecule has 1 saturated heterocycles. The van der Waals surface area contributed by atoms with Crippen molar-refractivity contribution in [3.8, 4) is 11.5 Å². The van der Waals surface area contributed by atoms with Gasteiger partial charge in [-0.05, 0) is 13.1 Å². The first-order chi connectivity index (χ1) is 9.60. The number of morpholine rings is 1. The van der Waals surface area contributed by atoms with Gasteiger partial charge in [0.1, 0.15) is 0 Å². The second-order valence-electron chi connectivity index (χ2n) is 5.01. The van der Waals surface area contributed by atoms with Gasteiger partial charge in [0.15, 0.2) is 11.5 Å². The monoisotopic (exact) mass is 300 g/mol. The lowest BCUT2D eigenvalue weighted by Gasteiger charge is -2.28. The van der Waals surface area contributed by atoms with Gasteiger partial charge in [0, 0.05) is 42.8 Å². The highest BCUT2D eigenvalue weighted by atomic mass is 35.5. The number of nitrogens with zero attached hydrogens (tertiary/aromatic N) is 1. The number of likely N-dealkylation sites (N-methyl/N-ethyl adjacent to an activating group) is 1. The lowest BCUT2D eigenvalue weighted by atomic mass is 10.1. The summed E-state index contributed by atoms with van der Waals surface area (Å²) in [5.41, 5.74) is 0.751. The molecule has 2 N–H and O–H groups in total. The van der Waals surface area contributed by atoms with Gasteiger partial charge >= 0.3 is 0 Å². The molecule has 1 unspecified atom stereocenters. The van der Waals surface area contributed by atoms with Crippen molar-refractivity contribution in [2.45, 2.75) is 12.6 Å². The fourth-order valence-corrected chi connectivity index (χ4v) is 2.58. The normalized spacial score (nSPS) is 19.3. The molecule has 0 saturated carbocycles. The Labute approximate surface area is 124 Å². The number of methoxy groups -OCH3 is 1. The van der Waals surface area contributed by atoms with E-state index in [9.17, 15) is 5.11 Å². The van der Waals surface area contributed by atoms with E-state index in [-0.39, 0.29) is 11.9 Å². The van der Waals surface area contributed by atoms with E-state index in [0.29, 0.717) is 17.3 Å². The van der Waals surface area contributed by atoms with Crippen molar-refractivity contribution in [2.24, 2.45) is 0 Å². The number of hydrogen-bond acceptors (Lipinski definition) is 5. The minimum Gasteiger partial charge on any atom is -0.504 e. The molecule has 1 atom stereocenters. The molecule has 1 aliphatic rings. The summed E-state index contributed by atoms with van der Waals surface area (Å²) in [4.78, 5) is 2.10. The first-order valence-corrected chi connectivity index (χ1v) is 7.04. The third-order valence-corrected chi connectivity index (χ3v) is 3.52. The smallest absolute Gasteiger partial charge is 0.162 e. The van der Waals surface area contributed by atoms with Crippen LogP contribution in [-0.4, -0.2) is 56.5 Å². The molecule has 0 bridgehead atoms. The molecule has 1 aromatic rings. The summed E-state index contributed by atoms with van der Waals surface area (Å²) in [5, 5.41) is 14.0. The number of benzene rings is 1. The van der Waals surface area contributed by atoms with E-state index in [1.807, 2.05) is 7.05 Å². The third-order valence-electron chi connectivity index (χ3n) is 3.30. The Balaban J connectivity index is 1.99. The van der Waals surface area contributed by atoms with Crippen LogP contribution in [0, 0.1) is 0 Å². The van der Waals surface area contributed by atoms with Crippen LogP contribution in [0.5, 0.6) is 11.5 Å². The SMILES string of the molecule is COc1cc(Cl)cc(CN(C)CC2CNCCO2)c1O. The minimum atomic E-state index is 0.145. The van der Waals surface area contributed by atoms with Crippen molar-refractivity contribution in [3.63, 3.8) is 0 Å². The van der Waals surface area contributed by atoms with Crippen molar-refractivity contribution in [2.75, 3.05) is 40.4 Å². The van der Waals surface area contributed by atoms with Gasteiger partial charge in [-0.15, -0.1) is 0 Å². The van der Waals surface area contributed by atoms with Crippen LogP contribution in [0.25, 0.3) is 0 Å². The second kappa shape index (κ2) is 7.13. The Kier molecular flexibility index (Phi) is 5.48. The second-order valence-corrected chi connectivity index (χ2v) is 5.45. The molecule has 112 valence electrons. The van der Waals surface area contributed by atoms with Crippen LogP contribution in [0.4, 0.5) is 0 Å². The Morgan fingerprint density at radius 2 is 2.35 bits per heavy atom. The number of phenols is 1. The van der Waals surface area contributed by atoms with Crippen molar-refractivity contribution >= 4 is 11.6 Å². The van der Waals surface area contributed by atoms with Crippen molar-refractivity contribution in [1.29, 1.82) is 0 Å². The van der Waals surface area contributed by atoms with E-state index in [4.69, 9.17) is 21.1 Å². The zero-order valence-electron chi connectivity index (χ0n) is 11.9. The molecule has 0 aromatic heterocycles. The predicted octanol–water partition coefficient (Wildman–Crippen LogP) is 1.47. The Morgan fingerprint density at radius 1 is 1.55 bits per heavy atom. The van der Waals surface area contributed by atoms with E-state index >= 15 is 0 Å². The fraction of sp³-hybridized carbons (Fsp3) is 0.571. The maximum atomic E-state index is 10.1. The van der Waals surface area contributed by atoms with Gasteiger partial charge < -0.3 is 19.9 Å². The van der Waals surface area contributed by atoms with E-state index < -0.39 is 0 Å². The van der Waals surface area contributed by atoms with Gasteiger partial charge in [-0.25, -0.2) is 0 Å². The molecule has 0 radical (unpaired) electrons. The van der Waals surface area contributed by atoms with E-state index in [0.717, 1.165) is 31.8 Å². The van der Waals surface area contributed by atoms with Gasteiger partial charge in [-0.3, -0.25) is 4.90 Å². The molecule has 1 fully saturated rings. The Bertz CT molecular complexity index is 450. The van der Waals surface area contributed by atoms with Crippen LogP contribution in [-0.2, 0) is 11.3 Å². The molecule has 1 aromatic carbocycles. The van der Waals surface area contributed by atoms with Crippen molar-refractivity contribution < 1.29 is 14.6 Å². The first-order valence-electron chi connectivity index (χ1n) is 6.66. The standard InChI is InChI=1S/C14H21ClN2O3/c1-17(9-12-7-16-3-4-20-12)8-10-5-11(15)6-13(19-2)14(10)18/h5-6,12,16,18H,3-4,7-9H2,1-2H3. The summed E-state index contributed by atoms with van der Waals surface area (Å²) in [7, 11) is 3.51. The zero-order valence-corrected chi connectivity index (χ0v) is 12.6. The number of nitrogens with one attached hydrogen (secondary N) is 1. The molecule has 1 aliphatic heterocycles. The highest BCUT2D eigenvalue weighted by molar-refractivity contribution is 6.30. The highest BCUT2D eigenvalue weighted by Crippen LogP contribution is 2.33. The van der Waals surface area contributed by atoms with E-state index in [1.54, 1.807) is 12.1 Å². The van der Waals surface area contributed by atoms with Crippen LogP contribution in [0.1, 0.15) is 5.56 Å². The lowest BCUT2D eigenvalue weighted by Crippen LogP contribution is -2.44. The van der Waals surface area contributed by atoms with Crippen LogP contribution >= 0.6 is 11.6 Å². The maximum absolute atomic E-state index is 10.1. The van der Waals surface area contributed by atoms with Crippen molar-refractivity contribution in [3.05, 3.63) is 22.7 Å². The van der Waals surface area contributed by atoms with Gasteiger partial charge in [-0.1, -0.05) is 11.6 Å². The topological polar surface area (TPSA) is 54.0 Å². The van der Waals surface area contributed by atoms with E-state index in [1.165, 1.54) is 7.11 Å². The zero-order chi connectivity index (χ0) is 14.5. The largest absolute Gasteiger partial charge is 0.504 e. The molecule has 0 aliphatic carbocycles. The minimum absolute atomic E-state index is 0.145. The first kappa shape index (κ1) is 15.4. The summed E-state index contributed by atoms with van der Waals surface area (Å²) >= 11 is 6.03. The molecule has 20 heavy (non-hydrogen) atoms. The lowest BCUT2D eigenvalue weighted by molar-refractivity contribution is 0.00874. The molecule has 6 heteroatoms.